The van der Waals surface area contributed by atoms with E-state index in [4.69, 9.17) is 9.53 Å². The van der Waals surface area contributed by atoms with Gasteiger partial charge in [-0.15, -0.1) is 0 Å². The summed E-state index contributed by atoms with van der Waals surface area (Å²) in [5.41, 5.74) is 0. The van der Waals surface area contributed by atoms with Gasteiger partial charge in [0, 0.05) is 12.7 Å². The maximum Gasteiger partial charge on any atom is 0.261 e. The van der Waals surface area contributed by atoms with E-state index in [9.17, 15) is 0 Å². The average molecular weight is 385 g/mol. The topological polar surface area (TPSA) is 29.5 Å². The van der Waals surface area contributed by atoms with E-state index in [2.05, 4.69) is 88.4 Å². The van der Waals surface area contributed by atoms with Gasteiger partial charge in [-0.3, -0.25) is 0 Å². The molecule has 0 fully saturated rings. The van der Waals surface area contributed by atoms with Gasteiger partial charge in [0.05, 0.1) is 0 Å². The molecule has 27 heavy (non-hydrogen) atoms. The monoisotopic (exact) mass is 384 g/mol. The molecular weight excluding hydrogens is 348 g/mol. The molecule has 0 aromatic heterocycles. The van der Waals surface area contributed by atoms with Gasteiger partial charge >= 0.3 is 0 Å². The highest BCUT2D eigenvalue weighted by Crippen LogP contribution is 2.37. The molecular formula is C24H36O2Si. The van der Waals surface area contributed by atoms with Gasteiger partial charge in [-0.05, 0) is 35.2 Å². The van der Waals surface area contributed by atoms with Gasteiger partial charge in [0.25, 0.3) is 8.32 Å². The Morgan fingerprint density at radius 1 is 0.815 bits per heavy atom. The second-order valence-electron chi connectivity index (χ2n) is 8.52. The highest BCUT2D eigenvalue weighted by Gasteiger charge is 2.50. The van der Waals surface area contributed by atoms with E-state index in [1.54, 1.807) is 0 Å². The predicted molar refractivity (Wildman–Crippen MR) is 118 cm³/mol. The molecule has 0 amide bonds. The summed E-state index contributed by atoms with van der Waals surface area (Å²) in [6, 6.07) is 21.7. The van der Waals surface area contributed by atoms with Gasteiger partial charge in [0.1, 0.15) is 0 Å². The van der Waals surface area contributed by atoms with Crippen LogP contribution in [0.1, 0.15) is 59.8 Å². The number of benzene rings is 2. The molecule has 2 aromatic carbocycles. The Labute approximate surface area is 166 Å². The summed E-state index contributed by atoms with van der Waals surface area (Å²) >= 11 is 0. The molecule has 0 spiro atoms. The SMILES string of the molecule is C[C@@H](CCCCCCO)O[Si](c1ccccc1)(c1ccccc1)C(C)(C)C. The summed E-state index contributed by atoms with van der Waals surface area (Å²) in [4.78, 5) is 0. The summed E-state index contributed by atoms with van der Waals surface area (Å²) in [6.45, 7) is 9.51. The van der Waals surface area contributed by atoms with Crippen molar-refractivity contribution in [2.45, 2.75) is 70.9 Å². The summed E-state index contributed by atoms with van der Waals surface area (Å²) in [5, 5.41) is 11.7. The molecule has 0 aliphatic heterocycles. The maximum atomic E-state index is 8.95. The van der Waals surface area contributed by atoms with Gasteiger partial charge in [-0.2, -0.15) is 0 Å². The number of hydrogen-bond acceptors (Lipinski definition) is 2. The smallest absolute Gasteiger partial charge is 0.261 e. The van der Waals surface area contributed by atoms with Crippen LogP contribution in [0, 0.1) is 0 Å². The molecule has 0 aliphatic carbocycles. The molecule has 148 valence electrons. The lowest BCUT2D eigenvalue weighted by Crippen LogP contribution is -2.67. The zero-order valence-electron chi connectivity index (χ0n) is 17.4. The Kier molecular flexibility index (Phi) is 8.27. The summed E-state index contributed by atoms with van der Waals surface area (Å²) < 4.78 is 7.07. The zero-order valence-corrected chi connectivity index (χ0v) is 18.4. The van der Waals surface area contributed by atoms with E-state index >= 15 is 0 Å². The van der Waals surface area contributed by atoms with Gasteiger partial charge in [-0.25, -0.2) is 0 Å². The van der Waals surface area contributed by atoms with Crippen LogP contribution >= 0.6 is 0 Å². The first-order valence-electron chi connectivity index (χ1n) is 10.3. The molecule has 0 aliphatic rings. The molecule has 0 saturated carbocycles. The third-order valence-electron chi connectivity index (χ3n) is 5.31. The number of unbranched alkanes of at least 4 members (excludes halogenated alkanes) is 3. The third-order valence-corrected chi connectivity index (χ3v) is 10.5. The van der Waals surface area contributed by atoms with Crippen molar-refractivity contribution in [2.24, 2.45) is 0 Å². The first kappa shape index (κ1) is 21.9. The van der Waals surface area contributed by atoms with E-state index < -0.39 is 8.32 Å². The molecule has 1 atom stereocenters. The molecule has 0 saturated heterocycles. The molecule has 0 heterocycles. The minimum absolute atomic E-state index is 0.0286. The highest BCUT2D eigenvalue weighted by molar-refractivity contribution is 6.99. The Bertz CT molecular complexity index is 610. The van der Waals surface area contributed by atoms with Gasteiger partial charge in [0.2, 0.25) is 0 Å². The summed E-state index contributed by atoms with van der Waals surface area (Å²) in [5.74, 6) is 0. The van der Waals surface area contributed by atoms with Crippen LogP contribution in [0.5, 0.6) is 0 Å². The largest absolute Gasteiger partial charge is 0.405 e. The second-order valence-corrected chi connectivity index (χ2v) is 12.8. The summed E-state index contributed by atoms with van der Waals surface area (Å²) in [7, 11) is -2.43. The number of aliphatic hydroxyl groups excluding tert-OH is 1. The summed E-state index contributed by atoms with van der Waals surface area (Å²) in [6.07, 6.45) is 5.60. The lowest BCUT2D eigenvalue weighted by Gasteiger charge is -2.44. The number of aliphatic hydroxyl groups is 1. The van der Waals surface area contributed by atoms with Crippen molar-refractivity contribution in [3.63, 3.8) is 0 Å². The van der Waals surface area contributed by atoms with Crippen molar-refractivity contribution >= 4 is 18.7 Å². The fourth-order valence-electron chi connectivity index (χ4n) is 3.95. The lowest BCUT2D eigenvalue weighted by molar-refractivity contribution is 0.191. The van der Waals surface area contributed by atoms with E-state index in [1.807, 2.05) is 0 Å². The molecule has 1 N–H and O–H groups in total. The van der Waals surface area contributed by atoms with Crippen LogP contribution in [-0.2, 0) is 4.43 Å². The number of hydrogen-bond donors (Lipinski definition) is 1. The van der Waals surface area contributed by atoms with Crippen LogP contribution in [0.25, 0.3) is 0 Å². The van der Waals surface area contributed by atoms with Crippen LogP contribution in [-0.4, -0.2) is 26.1 Å². The molecule has 0 radical (unpaired) electrons. The molecule has 2 rings (SSSR count). The van der Waals surface area contributed by atoms with Crippen molar-refractivity contribution in [2.75, 3.05) is 6.61 Å². The standard InChI is InChI=1S/C24H36O2Si/c1-21(15-9-5-6-14-20-25)26-27(24(2,3)4,22-16-10-7-11-17-22)23-18-12-8-13-19-23/h7-8,10-13,16-19,21,25H,5-6,9,14-15,20H2,1-4H3/t21-/m0/s1. The maximum absolute atomic E-state index is 8.95. The molecule has 2 nitrogen and oxygen atoms in total. The first-order chi connectivity index (χ1) is 12.9. The minimum Gasteiger partial charge on any atom is -0.405 e. The normalized spacial score (nSPS) is 13.5. The van der Waals surface area contributed by atoms with Crippen molar-refractivity contribution in [1.29, 1.82) is 0 Å². The fraction of sp³-hybridized carbons (Fsp3) is 0.500. The van der Waals surface area contributed by atoms with Gasteiger partial charge in [-0.1, -0.05) is 101 Å². The Morgan fingerprint density at radius 3 is 1.74 bits per heavy atom. The van der Waals surface area contributed by atoms with Crippen LogP contribution in [0.2, 0.25) is 5.04 Å². The van der Waals surface area contributed by atoms with Crippen molar-refractivity contribution < 1.29 is 9.53 Å². The zero-order chi connectivity index (χ0) is 19.8. The van der Waals surface area contributed by atoms with Gasteiger partial charge < -0.3 is 9.53 Å². The van der Waals surface area contributed by atoms with Crippen molar-refractivity contribution in [1.82, 2.24) is 0 Å². The van der Waals surface area contributed by atoms with Gasteiger partial charge in [0.15, 0.2) is 0 Å². The molecule has 0 bridgehead atoms. The Morgan fingerprint density at radius 2 is 1.30 bits per heavy atom. The van der Waals surface area contributed by atoms with Crippen molar-refractivity contribution in [3.8, 4) is 0 Å². The Hall–Kier alpha value is -1.42. The van der Waals surface area contributed by atoms with E-state index in [-0.39, 0.29) is 11.1 Å². The van der Waals surface area contributed by atoms with E-state index in [1.165, 1.54) is 10.4 Å². The molecule has 2 aromatic rings. The van der Waals surface area contributed by atoms with Crippen molar-refractivity contribution in [3.05, 3.63) is 60.7 Å². The highest BCUT2D eigenvalue weighted by atomic mass is 28.4. The number of rotatable bonds is 10. The molecule has 0 unspecified atom stereocenters. The predicted octanol–water partition coefficient (Wildman–Crippen LogP) is 4.89. The van der Waals surface area contributed by atoms with E-state index in [0.717, 1.165) is 32.1 Å². The van der Waals surface area contributed by atoms with Crippen LogP contribution in [0.4, 0.5) is 0 Å². The molecule has 3 heteroatoms. The second kappa shape index (κ2) is 10.2. The fourth-order valence-corrected chi connectivity index (χ4v) is 8.69. The average Bonchev–Trinajstić information content (AvgIpc) is 2.66. The first-order valence-corrected chi connectivity index (χ1v) is 12.2. The lowest BCUT2D eigenvalue weighted by atomic mass is 10.1. The van der Waals surface area contributed by atoms with E-state index in [0.29, 0.717) is 6.61 Å². The quantitative estimate of drug-likeness (QED) is 0.466. The minimum atomic E-state index is -2.43. The van der Waals surface area contributed by atoms with Crippen LogP contribution in [0.3, 0.4) is 0 Å². The third kappa shape index (κ3) is 5.53. The van der Waals surface area contributed by atoms with Crippen LogP contribution < -0.4 is 10.4 Å². The van der Waals surface area contributed by atoms with Crippen LogP contribution in [0.15, 0.2) is 60.7 Å². The Balaban J connectivity index is 2.32.